The lowest BCUT2D eigenvalue weighted by molar-refractivity contribution is -0.142. The molecule has 0 aliphatic heterocycles. The summed E-state index contributed by atoms with van der Waals surface area (Å²) in [5.41, 5.74) is 0. The van der Waals surface area contributed by atoms with E-state index in [4.69, 9.17) is 0 Å². The molecule has 0 aromatic rings. The minimum Gasteiger partial charge on any atom is -0.469 e. The minimum atomic E-state index is -0.140. The van der Waals surface area contributed by atoms with Crippen molar-refractivity contribution in [3.8, 4) is 0 Å². The van der Waals surface area contributed by atoms with Gasteiger partial charge in [0.15, 0.2) is 0 Å². The van der Waals surface area contributed by atoms with Crippen molar-refractivity contribution in [2.45, 2.75) is 43.5 Å². The van der Waals surface area contributed by atoms with Crippen LogP contribution in [-0.2, 0) is 14.3 Å². The fourth-order valence-corrected chi connectivity index (χ4v) is 2.07. The minimum absolute atomic E-state index is 0.140. The number of carbonyl (C=O) groups is 2. The second-order valence-corrected chi connectivity index (χ2v) is 6.07. The van der Waals surface area contributed by atoms with E-state index in [-0.39, 0.29) is 5.97 Å². The molecule has 0 radical (unpaired) electrons. The van der Waals surface area contributed by atoms with Gasteiger partial charge in [0, 0.05) is 16.8 Å². The van der Waals surface area contributed by atoms with Gasteiger partial charge < -0.3 is 9.53 Å². The number of alkyl halides is 1. The van der Waals surface area contributed by atoms with Gasteiger partial charge in [-0.15, -0.1) is 0 Å². The smallest absolute Gasteiger partial charge is 0.305 e. The number of hydrogen-bond donors (Lipinski definition) is 0. The normalized spacial score (nSPS) is 16.2. The van der Waals surface area contributed by atoms with Crippen LogP contribution in [0.5, 0.6) is 0 Å². The Morgan fingerprint density at radius 2 is 1.94 bits per heavy atom. The maximum atomic E-state index is 11.1. The number of aldehydes is 1. The second-order valence-electron chi connectivity index (χ2n) is 4.31. The molecular weight excluding hydrogens is 319 g/mol. The van der Waals surface area contributed by atoms with Crippen molar-refractivity contribution >= 4 is 34.8 Å². The van der Waals surface area contributed by atoms with Gasteiger partial charge in [-0.2, -0.15) is 0 Å². The van der Waals surface area contributed by atoms with Crippen LogP contribution in [0.15, 0.2) is 0 Å². The number of carbonyl (C=O) groups excluding carboxylic acids is 2. The molecule has 0 aromatic carbocycles. The molecule has 4 heteroatoms. The predicted molar refractivity (Wildman–Crippen MR) is 72.7 cm³/mol. The van der Waals surface area contributed by atoms with E-state index in [1.54, 1.807) is 0 Å². The molecule has 0 aliphatic carbocycles. The Balaban J connectivity index is 3.82. The highest BCUT2D eigenvalue weighted by Crippen LogP contribution is 2.23. The molecule has 0 heterocycles. The highest BCUT2D eigenvalue weighted by atomic mass is 127. The zero-order valence-corrected chi connectivity index (χ0v) is 12.4. The van der Waals surface area contributed by atoms with Crippen molar-refractivity contribution in [1.29, 1.82) is 0 Å². The Bertz CT molecular complexity index is 218. The van der Waals surface area contributed by atoms with Crippen LogP contribution >= 0.6 is 22.6 Å². The van der Waals surface area contributed by atoms with Crippen molar-refractivity contribution in [2.24, 2.45) is 11.8 Å². The van der Waals surface area contributed by atoms with Crippen LogP contribution in [0, 0.1) is 11.8 Å². The molecule has 0 fully saturated rings. The van der Waals surface area contributed by atoms with Crippen molar-refractivity contribution in [1.82, 2.24) is 0 Å². The molecule has 3 atom stereocenters. The van der Waals surface area contributed by atoms with E-state index >= 15 is 0 Å². The van der Waals surface area contributed by atoms with Gasteiger partial charge in [-0.3, -0.25) is 4.79 Å². The summed E-state index contributed by atoms with van der Waals surface area (Å²) >= 11 is 2.31. The van der Waals surface area contributed by atoms with E-state index in [0.717, 1.165) is 19.1 Å². The van der Waals surface area contributed by atoms with E-state index in [2.05, 4.69) is 41.2 Å². The van der Waals surface area contributed by atoms with Gasteiger partial charge in [0.1, 0.15) is 6.29 Å². The average Bonchev–Trinajstić information content (AvgIpc) is 2.25. The number of halogens is 1. The molecule has 16 heavy (non-hydrogen) atoms. The van der Waals surface area contributed by atoms with Gasteiger partial charge in [-0.1, -0.05) is 36.4 Å². The molecule has 0 rings (SSSR count). The number of hydrogen-bond acceptors (Lipinski definition) is 3. The lowest BCUT2D eigenvalue weighted by Crippen LogP contribution is -2.15. The monoisotopic (exact) mass is 340 g/mol. The molecular formula is C12H21IO3. The summed E-state index contributed by atoms with van der Waals surface area (Å²) in [5.74, 6) is 0.688. The zero-order valence-electron chi connectivity index (χ0n) is 10.2. The fourth-order valence-electron chi connectivity index (χ4n) is 1.50. The summed E-state index contributed by atoms with van der Waals surface area (Å²) in [7, 11) is 1.42. The maximum absolute atomic E-state index is 11.1. The first-order chi connectivity index (χ1) is 7.51. The van der Waals surface area contributed by atoms with Crippen molar-refractivity contribution in [3.05, 3.63) is 0 Å². The van der Waals surface area contributed by atoms with Crippen molar-refractivity contribution in [2.75, 3.05) is 7.11 Å². The van der Waals surface area contributed by atoms with E-state index in [0.29, 0.717) is 28.6 Å². The average molecular weight is 340 g/mol. The number of rotatable bonds is 8. The number of ether oxygens (including phenoxy) is 1. The zero-order chi connectivity index (χ0) is 12.6. The SMILES string of the molecule is COC(=O)CC(C)[C@@H](C)CC[C@@H](I)CC=O. The standard InChI is InChI=1S/C12H21IO3/c1-9(4-5-11(13)6-7-14)10(2)8-12(15)16-3/h7,9-11H,4-6,8H2,1-3H3/t9-,10?,11+/m0/s1. The maximum Gasteiger partial charge on any atom is 0.305 e. The Hall–Kier alpha value is -0.130. The molecule has 0 saturated heterocycles. The molecule has 0 aromatic heterocycles. The Morgan fingerprint density at radius 1 is 1.31 bits per heavy atom. The van der Waals surface area contributed by atoms with Gasteiger partial charge in [0.2, 0.25) is 0 Å². The van der Waals surface area contributed by atoms with Gasteiger partial charge >= 0.3 is 5.97 Å². The molecule has 0 bridgehead atoms. The van der Waals surface area contributed by atoms with Crippen molar-refractivity contribution < 1.29 is 14.3 Å². The summed E-state index contributed by atoms with van der Waals surface area (Å²) in [5, 5.41) is 0. The van der Waals surface area contributed by atoms with E-state index in [1.165, 1.54) is 7.11 Å². The summed E-state index contributed by atoms with van der Waals surface area (Å²) in [4.78, 5) is 21.4. The Kier molecular flexibility index (Phi) is 8.89. The second kappa shape index (κ2) is 8.96. The van der Waals surface area contributed by atoms with E-state index in [9.17, 15) is 9.59 Å². The first-order valence-corrected chi connectivity index (χ1v) is 6.90. The predicted octanol–water partition coefficient (Wildman–Crippen LogP) is 2.99. The largest absolute Gasteiger partial charge is 0.469 e. The lowest BCUT2D eigenvalue weighted by atomic mass is 9.88. The Morgan fingerprint density at radius 3 is 2.44 bits per heavy atom. The summed E-state index contributed by atoms with van der Waals surface area (Å²) in [6, 6.07) is 0. The Labute approximate surface area is 111 Å². The topological polar surface area (TPSA) is 43.4 Å². The molecule has 1 unspecified atom stereocenters. The molecule has 94 valence electrons. The summed E-state index contributed by atoms with van der Waals surface area (Å²) < 4.78 is 5.07. The van der Waals surface area contributed by atoms with Crippen LogP contribution in [0.4, 0.5) is 0 Å². The van der Waals surface area contributed by atoms with Crippen LogP contribution in [0.1, 0.15) is 39.5 Å². The molecule has 0 N–H and O–H groups in total. The molecule has 3 nitrogen and oxygen atoms in total. The first-order valence-electron chi connectivity index (χ1n) is 5.65. The van der Waals surface area contributed by atoms with Crippen LogP contribution in [0.2, 0.25) is 0 Å². The van der Waals surface area contributed by atoms with Gasteiger partial charge in [-0.05, 0) is 24.7 Å². The highest BCUT2D eigenvalue weighted by molar-refractivity contribution is 14.1. The third kappa shape index (κ3) is 7.19. The van der Waals surface area contributed by atoms with Gasteiger partial charge in [-0.25, -0.2) is 0 Å². The number of esters is 1. The van der Waals surface area contributed by atoms with Crippen LogP contribution in [0.25, 0.3) is 0 Å². The van der Waals surface area contributed by atoms with Gasteiger partial charge in [0.05, 0.1) is 7.11 Å². The first kappa shape index (κ1) is 15.9. The highest BCUT2D eigenvalue weighted by Gasteiger charge is 2.17. The van der Waals surface area contributed by atoms with Crippen LogP contribution in [0.3, 0.4) is 0 Å². The molecule has 0 saturated carbocycles. The molecule has 0 spiro atoms. The van der Waals surface area contributed by atoms with E-state index in [1.807, 2.05) is 0 Å². The summed E-state index contributed by atoms with van der Waals surface area (Å²) in [6.45, 7) is 4.22. The van der Waals surface area contributed by atoms with Crippen LogP contribution < -0.4 is 0 Å². The summed E-state index contributed by atoms with van der Waals surface area (Å²) in [6.07, 6.45) is 4.17. The van der Waals surface area contributed by atoms with E-state index < -0.39 is 0 Å². The third-order valence-electron chi connectivity index (χ3n) is 2.97. The number of methoxy groups -OCH3 is 1. The van der Waals surface area contributed by atoms with Crippen molar-refractivity contribution in [3.63, 3.8) is 0 Å². The fraction of sp³-hybridized carbons (Fsp3) is 0.833. The third-order valence-corrected chi connectivity index (χ3v) is 4.11. The van der Waals surface area contributed by atoms with Crippen LogP contribution in [-0.4, -0.2) is 23.3 Å². The quantitative estimate of drug-likeness (QED) is 0.295. The molecule has 0 aliphatic rings. The molecule has 0 amide bonds. The lowest BCUT2D eigenvalue weighted by Gasteiger charge is -2.19. The van der Waals surface area contributed by atoms with Gasteiger partial charge in [0.25, 0.3) is 0 Å².